The van der Waals surface area contributed by atoms with Crippen LogP contribution in [0, 0.1) is 11.8 Å². The fourth-order valence-corrected chi connectivity index (χ4v) is 2.48. The molecule has 2 N–H and O–H groups in total. The highest BCUT2D eigenvalue weighted by molar-refractivity contribution is 5.82. The summed E-state index contributed by atoms with van der Waals surface area (Å²) >= 11 is 0. The van der Waals surface area contributed by atoms with Crippen LogP contribution < -0.4 is 5.32 Å². The molecule has 0 spiro atoms. The number of carbonyl (C=O) groups excluding carboxylic acids is 1. The largest absolute Gasteiger partial charge is 0.480 e. The highest BCUT2D eigenvalue weighted by Gasteiger charge is 2.29. The van der Waals surface area contributed by atoms with Gasteiger partial charge in [0.2, 0.25) is 0 Å². The number of carbonyl (C=O) groups is 2. The molecule has 0 aromatic carbocycles. The molecule has 0 heterocycles. The Morgan fingerprint density at radius 1 is 1.33 bits per heavy atom. The molecule has 0 aromatic heterocycles. The average Bonchev–Trinajstić information content (AvgIpc) is 2.30. The van der Waals surface area contributed by atoms with E-state index in [4.69, 9.17) is 5.11 Å². The van der Waals surface area contributed by atoms with Gasteiger partial charge in [0, 0.05) is 13.1 Å². The third-order valence-corrected chi connectivity index (χ3v) is 4.00. The molecule has 1 aliphatic carbocycles. The van der Waals surface area contributed by atoms with Gasteiger partial charge in [0.1, 0.15) is 6.04 Å². The van der Waals surface area contributed by atoms with Crippen LogP contribution >= 0.6 is 0 Å². The minimum Gasteiger partial charge on any atom is -0.480 e. The smallest absolute Gasteiger partial charge is 0.326 e. The quantitative estimate of drug-likeness (QED) is 0.810. The third-order valence-electron chi connectivity index (χ3n) is 4.00. The molecular weight excluding hydrogens is 232 g/mol. The first kappa shape index (κ1) is 14.8. The lowest BCUT2D eigenvalue weighted by Gasteiger charge is -2.34. The molecule has 0 radical (unpaired) electrons. The van der Waals surface area contributed by atoms with E-state index >= 15 is 0 Å². The number of nitrogens with one attached hydrogen (secondary N) is 1. The van der Waals surface area contributed by atoms with Crippen molar-refractivity contribution in [3.8, 4) is 0 Å². The van der Waals surface area contributed by atoms with Gasteiger partial charge in [-0.25, -0.2) is 9.59 Å². The Kier molecular flexibility index (Phi) is 4.99. The molecule has 4 unspecified atom stereocenters. The van der Waals surface area contributed by atoms with E-state index in [1.807, 2.05) is 0 Å². The number of carboxylic acids is 1. The molecule has 2 amide bonds. The number of nitrogens with zero attached hydrogens (tertiary/aromatic N) is 1. The number of rotatable bonds is 3. The number of amides is 2. The summed E-state index contributed by atoms with van der Waals surface area (Å²) < 4.78 is 0. The second kappa shape index (κ2) is 6.07. The van der Waals surface area contributed by atoms with E-state index in [-0.39, 0.29) is 12.1 Å². The molecular formula is C13H24N2O3. The molecule has 0 bridgehead atoms. The number of likely N-dealkylation sites (N-methyl/N-ethyl adjacent to an activating group) is 1. The van der Waals surface area contributed by atoms with E-state index in [0.29, 0.717) is 11.8 Å². The second-order valence-electron chi connectivity index (χ2n) is 5.58. The Morgan fingerprint density at radius 2 is 1.94 bits per heavy atom. The van der Waals surface area contributed by atoms with Crippen molar-refractivity contribution in [3.63, 3.8) is 0 Å². The predicted octanol–water partition coefficient (Wildman–Crippen LogP) is 1.93. The van der Waals surface area contributed by atoms with Crippen LogP contribution in [0.25, 0.3) is 0 Å². The van der Waals surface area contributed by atoms with Gasteiger partial charge in [-0.2, -0.15) is 0 Å². The van der Waals surface area contributed by atoms with Crippen molar-refractivity contribution in [2.24, 2.45) is 11.8 Å². The SMILES string of the molecule is CC1CCC(NC(=O)N(C)C(C)C(=O)O)C(C)C1. The molecule has 104 valence electrons. The van der Waals surface area contributed by atoms with Gasteiger partial charge in [-0.05, 0) is 38.0 Å². The van der Waals surface area contributed by atoms with E-state index in [0.717, 1.165) is 19.3 Å². The van der Waals surface area contributed by atoms with Crippen LogP contribution in [0.15, 0.2) is 0 Å². The van der Waals surface area contributed by atoms with Crippen molar-refractivity contribution < 1.29 is 14.7 Å². The Morgan fingerprint density at radius 3 is 2.44 bits per heavy atom. The molecule has 1 saturated carbocycles. The monoisotopic (exact) mass is 256 g/mol. The van der Waals surface area contributed by atoms with Crippen LogP contribution in [0.5, 0.6) is 0 Å². The van der Waals surface area contributed by atoms with Crippen LogP contribution in [0.2, 0.25) is 0 Å². The van der Waals surface area contributed by atoms with E-state index in [1.165, 1.54) is 18.9 Å². The maximum absolute atomic E-state index is 11.9. The van der Waals surface area contributed by atoms with Crippen molar-refractivity contribution in [2.45, 2.75) is 52.1 Å². The zero-order valence-electron chi connectivity index (χ0n) is 11.6. The first-order valence-corrected chi connectivity index (χ1v) is 6.59. The summed E-state index contributed by atoms with van der Waals surface area (Å²) in [5.41, 5.74) is 0. The van der Waals surface area contributed by atoms with Gasteiger partial charge >= 0.3 is 12.0 Å². The fraction of sp³-hybridized carbons (Fsp3) is 0.846. The predicted molar refractivity (Wildman–Crippen MR) is 69.4 cm³/mol. The topological polar surface area (TPSA) is 69.6 Å². The molecule has 1 aliphatic rings. The zero-order valence-corrected chi connectivity index (χ0v) is 11.6. The lowest BCUT2D eigenvalue weighted by Crippen LogP contribution is -2.51. The molecule has 5 heteroatoms. The molecule has 0 saturated heterocycles. The lowest BCUT2D eigenvalue weighted by molar-refractivity contribution is -0.141. The van der Waals surface area contributed by atoms with Crippen molar-refractivity contribution >= 4 is 12.0 Å². The third kappa shape index (κ3) is 3.62. The van der Waals surface area contributed by atoms with Crippen LogP contribution in [0.1, 0.15) is 40.0 Å². The minimum absolute atomic E-state index is 0.164. The Bertz CT molecular complexity index is 319. The first-order valence-electron chi connectivity index (χ1n) is 6.59. The van der Waals surface area contributed by atoms with Crippen molar-refractivity contribution in [1.82, 2.24) is 10.2 Å². The number of hydrogen-bond donors (Lipinski definition) is 2. The van der Waals surface area contributed by atoms with E-state index in [9.17, 15) is 9.59 Å². The standard InChI is InChI=1S/C13H24N2O3/c1-8-5-6-11(9(2)7-8)14-13(18)15(4)10(3)12(16)17/h8-11H,5-7H2,1-4H3,(H,14,18)(H,16,17). The van der Waals surface area contributed by atoms with Gasteiger partial charge in [0.05, 0.1) is 0 Å². The highest BCUT2D eigenvalue weighted by atomic mass is 16.4. The summed E-state index contributed by atoms with van der Waals surface area (Å²) in [5, 5.41) is 11.8. The maximum Gasteiger partial charge on any atom is 0.326 e. The van der Waals surface area contributed by atoms with E-state index in [1.54, 1.807) is 0 Å². The molecule has 18 heavy (non-hydrogen) atoms. The minimum atomic E-state index is -0.988. The number of urea groups is 1. The van der Waals surface area contributed by atoms with E-state index in [2.05, 4.69) is 19.2 Å². The number of aliphatic carboxylic acids is 1. The number of carboxylic acid groups (broad SMARTS) is 1. The van der Waals surface area contributed by atoms with E-state index < -0.39 is 12.0 Å². The van der Waals surface area contributed by atoms with Crippen molar-refractivity contribution in [3.05, 3.63) is 0 Å². The summed E-state index contributed by atoms with van der Waals surface area (Å²) in [4.78, 5) is 24.0. The first-order chi connectivity index (χ1) is 8.32. The van der Waals surface area contributed by atoms with Gasteiger partial charge in [0.15, 0.2) is 0 Å². The van der Waals surface area contributed by atoms with Crippen molar-refractivity contribution in [1.29, 1.82) is 0 Å². The molecule has 1 rings (SSSR count). The lowest BCUT2D eigenvalue weighted by atomic mass is 9.80. The second-order valence-corrected chi connectivity index (χ2v) is 5.58. The number of hydrogen-bond acceptors (Lipinski definition) is 2. The fourth-order valence-electron chi connectivity index (χ4n) is 2.48. The van der Waals surface area contributed by atoms with Gasteiger partial charge in [-0.3, -0.25) is 0 Å². The zero-order chi connectivity index (χ0) is 13.9. The average molecular weight is 256 g/mol. The van der Waals surface area contributed by atoms with Crippen LogP contribution in [-0.4, -0.2) is 41.1 Å². The van der Waals surface area contributed by atoms with Gasteiger partial charge < -0.3 is 15.3 Å². The molecule has 0 aromatic rings. The maximum atomic E-state index is 11.9. The highest BCUT2D eigenvalue weighted by Crippen LogP contribution is 2.28. The summed E-state index contributed by atoms with van der Waals surface area (Å²) in [6, 6.07) is -0.934. The molecule has 5 nitrogen and oxygen atoms in total. The molecule has 0 aliphatic heterocycles. The van der Waals surface area contributed by atoms with Crippen LogP contribution in [0.4, 0.5) is 4.79 Å². The Hall–Kier alpha value is -1.26. The normalized spacial score (nSPS) is 29.4. The summed E-state index contributed by atoms with van der Waals surface area (Å²) in [6.07, 6.45) is 3.21. The van der Waals surface area contributed by atoms with Gasteiger partial charge in [0.25, 0.3) is 0 Å². The van der Waals surface area contributed by atoms with Gasteiger partial charge in [-0.1, -0.05) is 13.8 Å². The van der Waals surface area contributed by atoms with Crippen molar-refractivity contribution in [2.75, 3.05) is 7.05 Å². The van der Waals surface area contributed by atoms with Gasteiger partial charge in [-0.15, -0.1) is 0 Å². The summed E-state index contributed by atoms with van der Waals surface area (Å²) in [7, 11) is 1.52. The Balaban J connectivity index is 2.51. The summed E-state index contributed by atoms with van der Waals surface area (Å²) in [5.74, 6) is 0.174. The molecule has 4 atom stereocenters. The molecule has 1 fully saturated rings. The Labute approximate surface area is 109 Å². The van der Waals surface area contributed by atoms with Crippen LogP contribution in [-0.2, 0) is 4.79 Å². The summed E-state index contributed by atoms with van der Waals surface area (Å²) in [6.45, 7) is 5.88. The van der Waals surface area contributed by atoms with Crippen LogP contribution in [0.3, 0.4) is 0 Å².